The third kappa shape index (κ3) is 3.80. The Morgan fingerprint density at radius 2 is 1.97 bits per heavy atom. The second-order valence-corrected chi connectivity index (χ2v) is 9.13. The molecule has 0 radical (unpaired) electrons. The third-order valence-corrected chi connectivity index (χ3v) is 6.80. The Bertz CT molecular complexity index is 1420. The summed E-state index contributed by atoms with van der Waals surface area (Å²) >= 11 is 7.64. The number of esters is 1. The first-order valence-corrected chi connectivity index (χ1v) is 11.1. The first kappa shape index (κ1) is 22.1. The minimum absolute atomic E-state index is 0.135. The fourth-order valence-corrected chi connectivity index (χ4v) is 4.97. The Hall–Kier alpha value is -3.10. The lowest BCUT2D eigenvalue weighted by Crippen LogP contribution is -2.14. The standard InChI is InChI=1S/C23H22ClN3O4S/c1-11-8-16(13(3)27(11)17-9-15(24)6-7-18(17)30-5)23(29)31-10-19-25-21(28)20-12(2)14(4)32-22(20)26-19/h6-9H,10H2,1-5H3,(H,25,26,28). The van der Waals surface area contributed by atoms with Crippen LogP contribution in [-0.4, -0.2) is 27.6 Å². The van der Waals surface area contributed by atoms with E-state index in [0.717, 1.165) is 21.8 Å². The number of H-pyrrole nitrogens is 1. The number of aromatic nitrogens is 3. The molecule has 166 valence electrons. The van der Waals surface area contributed by atoms with Gasteiger partial charge in [-0.05, 0) is 57.5 Å². The number of fused-ring (bicyclic) bond motifs is 1. The summed E-state index contributed by atoms with van der Waals surface area (Å²) in [5.41, 5.74) is 3.35. The summed E-state index contributed by atoms with van der Waals surface area (Å²) in [6, 6.07) is 7.06. The first-order valence-electron chi connectivity index (χ1n) is 9.90. The highest BCUT2D eigenvalue weighted by Gasteiger charge is 2.21. The SMILES string of the molecule is COc1ccc(Cl)cc1-n1c(C)cc(C(=O)OCc2nc3sc(C)c(C)c3c(=O)[nH]2)c1C. The predicted molar refractivity (Wildman–Crippen MR) is 126 cm³/mol. The van der Waals surface area contributed by atoms with Crippen LogP contribution in [0.25, 0.3) is 15.9 Å². The molecule has 0 aliphatic rings. The highest BCUT2D eigenvalue weighted by molar-refractivity contribution is 7.18. The molecular weight excluding hydrogens is 450 g/mol. The first-order chi connectivity index (χ1) is 15.2. The minimum Gasteiger partial charge on any atom is -0.495 e. The van der Waals surface area contributed by atoms with Crippen molar-refractivity contribution >= 4 is 39.1 Å². The van der Waals surface area contributed by atoms with Crippen LogP contribution >= 0.6 is 22.9 Å². The van der Waals surface area contributed by atoms with Gasteiger partial charge in [-0.15, -0.1) is 11.3 Å². The molecule has 32 heavy (non-hydrogen) atoms. The molecule has 0 saturated heterocycles. The molecular formula is C23H22ClN3O4S. The summed E-state index contributed by atoms with van der Waals surface area (Å²) in [7, 11) is 1.58. The Morgan fingerprint density at radius 3 is 2.69 bits per heavy atom. The fraction of sp³-hybridized carbons (Fsp3) is 0.261. The van der Waals surface area contributed by atoms with Crippen LogP contribution in [-0.2, 0) is 11.3 Å². The molecule has 0 amide bonds. The second-order valence-electron chi connectivity index (χ2n) is 7.49. The summed E-state index contributed by atoms with van der Waals surface area (Å²) < 4.78 is 12.8. The summed E-state index contributed by atoms with van der Waals surface area (Å²) in [6.07, 6.45) is 0. The molecule has 0 aliphatic heterocycles. The number of hydrogen-bond acceptors (Lipinski definition) is 6. The average Bonchev–Trinajstić information content (AvgIpc) is 3.21. The van der Waals surface area contributed by atoms with Crippen molar-refractivity contribution < 1.29 is 14.3 Å². The number of carbonyl (C=O) groups excluding carboxylic acids is 1. The summed E-state index contributed by atoms with van der Waals surface area (Å²) in [5, 5.41) is 1.14. The molecule has 0 atom stereocenters. The number of halogens is 1. The molecule has 3 aromatic heterocycles. The van der Waals surface area contributed by atoms with Gasteiger partial charge in [0.2, 0.25) is 0 Å². The fourth-order valence-electron chi connectivity index (χ4n) is 3.76. The quantitative estimate of drug-likeness (QED) is 0.412. The van der Waals surface area contributed by atoms with Crippen LogP contribution in [0.5, 0.6) is 5.75 Å². The van der Waals surface area contributed by atoms with Gasteiger partial charge < -0.3 is 19.0 Å². The number of methoxy groups -OCH3 is 1. The van der Waals surface area contributed by atoms with Gasteiger partial charge >= 0.3 is 5.97 Å². The van der Waals surface area contributed by atoms with Crippen LogP contribution in [0.15, 0.2) is 29.1 Å². The maximum Gasteiger partial charge on any atom is 0.340 e. The normalized spacial score (nSPS) is 11.2. The van der Waals surface area contributed by atoms with E-state index in [4.69, 9.17) is 21.1 Å². The number of aromatic amines is 1. The van der Waals surface area contributed by atoms with Gasteiger partial charge in [0.15, 0.2) is 0 Å². The molecule has 1 aromatic carbocycles. The number of rotatable bonds is 5. The largest absolute Gasteiger partial charge is 0.495 e. The lowest BCUT2D eigenvalue weighted by molar-refractivity contribution is 0.0461. The van der Waals surface area contributed by atoms with E-state index in [2.05, 4.69) is 9.97 Å². The van der Waals surface area contributed by atoms with Crippen molar-refractivity contribution in [1.82, 2.24) is 14.5 Å². The van der Waals surface area contributed by atoms with Crippen LogP contribution in [0.4, 0.5) is 0 Å². The molecule has 0 spiro atoms. The van der Waals surface area contributed by atoms with Crippen LogP contribution in [0, 0.1) is 27.7 Å². The zero-order chi connectivity index (χ0) is 23.2. The topological polar surface area (TPSA) is 86.2 Å². The van der Waals surface area contributed by atoms with Gasteiger partial charge in [0.05, 0.1) is 23.7 Å². The molecule has 0 fully saturated rings. The van der Waals surface area contributed by atoms with E-state index in [1.54, 1.807) is 31.4 Å². The van der Waals surface area contributed by atoms with E-state index in [1.165, 1.54) is 11.3 Å². The number of benzene rings is 1. The molecule has 9 heteroatoms. The number of nitrogens with zero attached hydrogens (tertiary/aromatic N) is 2. The maximum absolute atomic E-state index is 12.9. The highest BCUT2D eigenvalue weighted by atomic mass is 35.5. The van der Waals surface area contributed by atoms with Gasteiger partial charge in [-0.25, -0.2) is 9.78 Å². The lowest BCUT2D eigenvalue weighted by Gasteiger charge is -2.14. The Morgan fingerprint density at radius 1 is 1.22 bits per heavy atom. The van der Waals surface area contributed by atoms with Crippen LogP contribution in [0.3, 0.4) is 0 Å². The van der Waals surface area contributed by atoms with E-state index < -0.39 is 5.97 Å². The molecule has 0 unspecified atom stereocenters. The number of carbonyl (C=O) groups is 1. The van der Waals surface area contributed by atoms with Gasteiger partial charge in [0, 0.05) is 21.3 Å². The van der Waals surface area contributed by atoms with Crippen molar-refractivity contribution in [1.29, 1.82) is 0 Å². The zero-order valence-corrected chi connectivity index (χ0v) is 19.9. The van der Waals surface area contributed by atoms with E-state index in [-0.39, 0.29) is 12.2 Å². The van der Waals surface area contributed by atoms with Crippen molar-refractivity contribution in [3.8, 4) is 11.4 Å². The molecule has 0 bridgehead atoms. The lowest BCUT2D eigenvalue weighted by atomic mass is 10.2. The van der Waals surface area contributed by atoms with Gasteiger partial charge in [-0.2, -0.15) is 0 Å². The number of nitrogens with one attached hydrogen (secondary N) is 1. The molecule has 0 aliphatic carbocycles. The second kappa shape index (κ2) is 8.44. The number of hydrogen-bond donors (Lipinski definition) is 1. The zero-order valence-electron chi connectivity index (χ0n) is 18.3. The van der Waals surface area contributed by atoms with Crippen molar-refractivity contribution in [3.05, 3.63) is 72.9 Å². The monoisotopic (exact) mass is 471 g/mol. The number of thiophene rings is 1. The third-order valence-electron chi connectivity index (χ3n) is 5.46. The Balaban J connectivity index is 1.62. The predicted octanol–water partition coefficient (Wildman–Crippen LogP) is 5.03. The molecule has 4 aromatic rings. The van der Waals surface area contributed by atoms with Crippen LogP contribution in [0.2, 0.25) is 5.02 Å². The van der Waals surface area contributed by atoms with Gasteiger partial charge in [0.25, 0.3) is 5.56 Å². The highest BCUT2D eigenvalue weighted by Crippen LogP contribution is 2.31. The van der Waals surface area contributed by atoms with Crippen LogP contribution in [0.1, 0.15) is 38.0 Å². The van der Waals surface area contributed by atoms with Crippen molar-refractivity contribution in [2.24, 2.45) is 0 Å². The maximum atomic E-state index is 12.9. The van der Waals surface area contributed by atoms with E-state index in [0.29, 0.717) is 38.1 Å². The summed E-state index contributed by atoms with van der Waals surface area (Å²) in [5.74, 6) is 0.432. The van der Waals surface area contributed by atoms with Crippen molar-refractivity contribution in [2.45, 2.75) is 34.3 Å². The molecule has 3 heterocycles. The smallest absolute Gasteiger partial charge is 0.340 e. The van der Waals surface area contributed by atoms with E-state index >= 15 is 0 Å². The minimum atomic E-state index is -0.508. The van der Waals surface area contributed by atoms with E-state index in [9.17, 15) is 9.59 Å². The van der Waals surface area contributed by atoms with Gasteiger partial charge in [-0.3, -0.25) is 4.79 Å². The molecule has 1 N–H and O–H groups in total. The average molecular weight is 472 g/mol. The van der Waals surface area contributed by atoms with Crippen LogP contribution < -0.4 is 10.3 Å². The molecule has 0 saturated carbocycles. The van der Waals surface area contributed by atoms with Crippen molar-refractivity contribution in [3.63, 3.8) is 0 Å². The van der Waals surface area contributed by atoms with Gasteiger partial charge in [0.1, 0.15) is 23.0 Å². The van der Waals surface area contributed by atoms with E-state index in [1.807, 2.05) is 32.3 Å². The Kier molecular flexibility index (Phi) is 5.83. The summed E-state index contributed by atoms with van der Waals surface area (Å²) in [6.45, 7) is 7.43. The summed E-state index contributed by atoms with van der Waals surface area (Å²) in [4.78, 5) is 34.1. The number of aryl methyl sites for hydroxylation is 3. The molecule has 4 rings (SSSR count). The molecule has 7 nitrogen and oxygen atoms in total. The van der Waals surface area contributed by atoms with Crippen molar-refractivity contribution in [2.75, 3.05) is 7.11 Å². The Labute approximate surface area is 193 Å². The van der Waals surface area contributed by atoms with Gasteiger partial charge in [-0.1, -0.05) is 11.6 Å². The number of ether oxygens (including phenoxy) is 2.